The van der Waals surface area contributed by atoms with Crippen molar-refractivity contribution < 1.29 is 4.39 Å². The van der Waals surface area contributed by atoms with Gasteiger partial charge in [-0.3, -0.25) is 0 Å². The highest BCUT2D eigenvalue weighted by Crippen LogP contribution is 2.28. The van der Waals surface area contributed by atoms with E-state index in [1.165, 1.54) is 5.56 Å². The van der Waals surface area contributed by atoms with E-state index < -0.39 is 0 Å². The molecule has 0 atom stereocenters. The van der Waals surface area contributed by atoms with Crippen LogP contribution in [0.4, 0.5) is 4.39 Å². The van der Waals surface area contributed by atoms with Crippen molar-refractivity contribution in [2.24, 2.45) is 0 Å². The molecule has 0 saturated heterocycles. The second kappa shape index (κ2) is 5.34. The summed E-state index contributed by atoms with van der Waals surface area (Å²) in [6, 6.07) is 13.6. The summed E-state index contributed by atoms with van der Waals surface area (Å²) >= 11 is 0. The Balaban J connectivity index is 2.56. The quantitative estimate of drug-likeness (QED) is 0.695. The molecule has 0 heterocycles. The summed E-state index contributed by atoms with van der Waals surface area (Å²) in [5.41, 5.74) is 4.44. The van der Waals surface area contributed by atoms with Crippen LogP contribution < -0.4 is 0 Å². The molecular weight excluding hydrogens is 223 g/mol. The number of hydrogen-bond acceptors (Lipinski definition) is 0. The first-order valence-electron chi connectivity index (χ1n) is 6.50. The molecule has 18 heavy (non-hydrogen) atoms. The van der Waals surface area contributed by atoms with Gasteiger partial charge in [0.05, 0.1) is 0 Å². The molecule has 0 nitrogen and oxygen atoms in total. The maximum atomic E-state index is 13.7. The van der Waals surface area contributed by atoms with Crippen LogP contribution in [-0.2, 0) is 6.42 Å². The van der Waals surface area contributed by atoms with Crippen molar-refractivity contribution in [3.8, 4) is 11.1 Å². The molecule has 0 amide bonds. The molecule has 94 valence electrons. The lowest BCUT2D eigenvalue weighted by Gasteiger charge is -2.12. The Morgan fingerprint density at radius 1 is 1.06 bits per heavy atom. The van der Waals surface area contributed by atoms with Gasteiger partial charge in [-0.1, -0.05) is 51.1 Å². The van der Waals surface area contributed by atoms with Gasteiger partial charge in [0.15, 0.2) is 0 Å². The molecule has 0 saturated carbocycles. The molecule has 0 spiro atoms. The largest absolute Gasteiger partial charge is 0.207 e. The van der Waals surface area contributed by atoms with E-state index in [9.17, 15) is 4.39 Å². The number of rotatable bonds is 3. The molecule has 2 rings (SSSR count). The molecule has 0 bridgehead atoms. The van der Waals surface area contributed by atoms with Crippen molar-refractivity contribution in [2.75, 3.05) is 0 Å². The second-order valence-electron chi connectivity index (χ2n) is 4.94. The molecule has 0 N–H and O–H groups in total. The average molecular weight is 242 g/mol. The molecule has 0 aliphatic heterocycles. The summed E-state index contributed by atoms with van der Waals surface area (Å²) in [7, 11) is 0. The van der Waals surface area contributed by atoms with Crippen molar-refractivity contribution in [3.05, 3.63) is 59.4 Å². The molecular formula is C17H19F. The Kier molecular flexibility index (Phi) is 3.81. The van der Waals surface area contributed by atoms with Crippen LogP contribution in [0, 0.1) is 5.82 Å². The molecule has 0 radical (unpaired) electrons. The summed E-state index contributed by atoms with van der Waals surface area (Å²) in [6.07, 6.45) is 0.962. The predicted molar refractivity (Wildman–Crippen MR) is 75.3 cm³/mol. The van der Waals surface area contributed by atoms with Crippen LogP contribution in [0.2, 0.25) is 0 Å². The SMILES string of the molecule is CCc1ccccc1-c1cc(F)cc(C(C)C)c1. The molecule has 0 aliphatic rings. The van der Waals surface area contributed by atoms with Crippen LogP contribution in [0.15, 0.2) is 42.5 Å². The van der Waals surface area contributed by atoms with Crippen LogP contribution in [0.3, 0.4) is 0 Å². The zero-order valence-corrected chi connectivity index (χ0v) is 11.2. The van der Waals surface area contributed by atoms with Crippen LogP contribution in [0.1, 0.15) is 37.8 Å². The van der Waals surface area contributed by atoms with E-state index in [1.54, 1.807) is 12.1 Å². The van der Waals surface area contributed by atoms with E-state index in [0.29, 0.717) is 5.92 Å². The van der Waals surface area contributed by atoms with Gasteiger partial charge in [-0.2, -0.15) is 0 Å². The molecule has 2 aromatic rings. The number of benzene rings is 2. The molecule has 0 unspecified atom stereocenters. The van der Waals surface area contributed by atoms with Gasteiger partial charge >= 0.3 is 0 Å². The van der Waals surface area contributed by atoms with Gasteiger partial charge < -0.3 is 0 Å². The van der Waals surface area contributed by atoms with Gasteiger partial charge in [0.25, 0.3) is 0 Å². The summed E-state index contributed by atoms with van der Waals surface area (Å²) in [6.45, 7) is 6.30. The minimum atomic E-state index is -0.151. The van der Waals surface area contributed by atoms with Crippen molar-refractivity contribution in [1.29, 1.82) is 0 Å². The normalized spacial score (nSPS) is 10.9. The summed E-state index contributed by atoms with van der Waals surface area (Å²) in [4.78, 5) is 0. The fraction of sp³-hybridized carbons (Fsp3) is 0.294. The van der Waals surface area contributed by atoms with E-state index in [1.807, 2.05) is 12.1 Å². The van der Waals surface area contributed by atoms with E-state index in [-0.39, 0.29) is 5.82 Å². The van der Waals surface area contributed by atoms with Gasteiger partial charge in [0.1, 0.15) is 5.82 Å². The van der Waals surface area contributed by atoms with Gasteiger partial charge in [-0.25, -0.2) is 4.39 Å². The van der Waals surface area contributed by atoms with Crippen LogP contribution in [0.25, 0.3) is 11.1 Å². The molecule has 0 aromatic heterocycles. The Morgan fingerprint density at radius 3 is 2.44 bits per heavy atom. The first kappa shape index (κ1) is 12.8. The maximum Gasteiger partial charge on any atom is 0.124 e. The molecule has 0 fully saturated rings. The third-order valence-electron chi connectivity index (χ3n) is 3.30. The Bertz CT molecular complexity index is 541. The van der Waals surface area contributed by atoms with Gasteiger partial charge in [0.2, 0.25) is 0 Å². The molecule has 1 heteroatoms. The number of hydrogen-bond donors (Lipinski definition) is 0. The third-order valence-corrected chi connectivity index (χ3v) is 3.30. The van der Waals surface area contributed by atoms with Crippen molar-refractivity contribution >= 4 is 0 Å². The first-order valence-corrected chi connectivity index (χ1v) is 6.50. The fourth-order valence-corrected chi connectivity index (χ4v) is 2.21. The summed E-state index contributed by atoms with van der Waals surface area (Å²) in [5, 5.41) is 0. The minimum Gasteiger partial charge on any atom is -0.207 e. The Hall–Kier alpha value is -1.63. The highest BCUT2D eigenvalue weighted by Gasteiger charge is 2.08. The van der Waals surface area contributed by atoms with E-state index in [0.717, 1.165) is 23.1 Å². The number of aryl methyl sites for hydroxylation is 1. The van der Waals surface area contributed by atoms with Crippen molar-refractivity contribution in [2.45, 2.75) is 33.1 Å². The first-order chi connectivity index (χ1) is 8.61. The lowest BCUT2D eigenvalue weighted by atomic mass is 9.94. The summed E-state index contributed by atoms with van der Waals surface area (Å²) in [5.74, 6) is 0.190. The van der Waals surface area contributed by atoms with E-state index in [4.69, 9.17) is 0 Å². The fourth-order valence-electron chi connectivity index (χ4n) is 2.21. The highest BCUT2D eigenvalue weighted by atomic mass is 19.1. The monoisotopic (exact) mass is 242 g/mol. The predicted octanol–water partition coefficient (Wildman–Crippen LogP) is 5.18. The second-order valence-corrected chi connectivity index (χ2v) is 4.94. The smallest absolute Gasteiger partial charge is 0.124 e. The standard InChI is InChI=1S/C17H19F/c1-4-13-7-5-6-8-17(13)15-9-14(12(2)3)10-16(18)11-15/h5-12H,4H2,1-3H3. The van der Waals surface area contributed by atoms with Gasteiger partial charge in [-0.15, -0.1) is 0 Å². The van der Waals surface area contributed by atoms with Crippen molar-refractivity contribution in [1.82, 2.24) is 0 Å². The van der Waals surface area contributed by atoms with E-state index in [2.05, 4.69) is 39.0 Å². The lowest BCUT2D eigenvalue weighted by molar-refractivity contribution is 0.624. The van der Waals surface area contributed by atoms with Crippen molar-refractivity contribution in [3.63, 3.8) is 0 Å². The van der Waals surface area contributed by atoms with Gasteiger partial charge in [-0.05, 0) is 46.7 Å². The Morgan fingerprint density at radius 2 is 1.78 bits per heavy atom. The van der Waals surface area contributed by atoms with Crippen LogP contribution >= 0.6 is 0 Å². The topological polar surface area (TPSA) is 0 Å². The van der Waals surface area contributed by atoms with Crippen LogP contribution in [-0.4, -0.2) is 0 Å². The molecule has 2 aromatic carbocycles. The maximum absolute atomic E-state index is 13.7. The summed E-state index contributed by atoms with van der Waals surface area (Å²) < 4.78 is 13.7. The minimum absolute atomic E-state index is 0.151. The number of halogens is 1. The highest BCUT2D eigenvalue weighted by molar-refractivity contribution is 5.68. The molecule has 0 aliphatic carbocycles. The third kappa shape index (κ3) is 2.61. The van der Waals surface area contributed by atoms with Gasteiger partial charge in [0, 0.05) is 0 Å². The average Bonchev–Trinajstić information content (AvgIpc) is 2.38. The zero-order chi connectivity index (χ0) is 13.1. The van der Waals surface area contributed by atoms with Crippen LogP contribution in [0.5, 0.6) is 0 Å². The zero-order valence-electron chi connectivity index (χ0n) is 11.2. The van der Waals surface area contributed by atoms with E-state index >= 15 is 0 Å². The lowest BCUT2D eigenvalue weighted by Crippen LogP contribution is -1.93. The Labute approximate surface area is 108 Å².